The predicted octanol–water partition coefficient (Wildman–Crippen LogP) is 1.08. The SMILES string of the molecule is CCOC(=O)c1ccc(C[C@H](N)C(=O)OC)c(C(=O)OCC)c1. The zero-order valence-corrected chi connectivity index (χ0v) is 13.5. The molecule has 0 bridgehead atoms. The van der Waals surface area contributed by atoms with Gasteiger partial charge in [0, 0.05) is 0 Å². The molecule has 0 unspecified atom stereocenters. The molecule has 0 amide bonds. The number of hydrogen-bond acceptors (Lipinski definition) is 7. The number of carbonyl (C=O) groups excluding carboxylic acids is 3. The molecule has 0 saturated carbocycles. The van der Waals surface area contributed by atoms with E-state index in [1.54, 1.807) is 19.9 Å². The first-order chi connectivity index (χ1) is 10.9. The molecular formula is C16H21NO6. The highest BCUT2D eigenvalue weighted by Crippen LogP contribution is 2.17. The highest BCUT2D eigenvalue weighted by atomic mass is 16.5. The van der Waals surface area contributed by atoms with Crippen molar-refractivity contribution in [2.45, 2.75) is 26.3 Å². The summed E-state index contributed by atoms with van der Waals surface area (Å²) in [6, 6.07) is 3.54. The van der Waals surface area contributed by atoms with Crippen LogP contribution in [0.5, 0.6) is 0 Å². The van der Waals surface area contributed by atoms with Crippen LogP contribution < -0.4 is 5.73 Å². The van der Waals surface area contributed by atoms with E-state index in [0.29, 0.717) is 5.56 Å². The molecule has 0 fully saturated rings. The molecule has 1 aromatic rings. The lowest BCUT2D eigenvalue weighted by molar-refractivity contribution is -0.142. The van der Waals surface area contributed by atoms with Crippen LogP contribution in [0.15, 0.2) is 18.2 Å². The smallest absolute Gasteiger partial charge is 0.338 e. The van der Waals surface area contributed by atoms with Gasteiger partial charge in [-0.1, -0.05) is 6.07 Å². The molecule has 0 aromatic heterocycles. The Hall–Kier alpha value is -2.41. The summed E-state index contributed by atoms with van der Waals surface area (Å²) >= 11 is 0. The molecule has 0 aliphatic rings. The second-order valence-corrected chi connectivity index (χ2v) is 4.65. The fourth-order valence-electron chi connectivity index (χ4n) is 1.97. The molecule has 0 aliphatic heterocycles. The number of rotatable bonds is 7. The number of ether oxygens (including phenoxy) is 3. The summed E-state index contributed by atoms with van der Waals surface area (Å²) in [7, 11) is 1.23. The molecule has 1 atom stereocenters. The Morgan fingerprint density at radius 1 is 1.09 bits per heavy atom. The van der Waals surface area contributed by atoms with Crippen molar-refractivity contribution in [3.8, 4) is 0 Å². The number of carbonyl (C=O) groups is 3. The number of esters is 3. The highest BCUT2D eigenvalue weighted by Gasteiger charge is 2.21. The van der Waals surface area contributed by atoms with Crippen molar-refractivity contribution in [2.24, 2.45) is 5.73 Å². The third-order valence-corrected chi connectivity index (χ3v) is 3.06. The summed E-state index contributed by atoms with van der Waals surface area (Å²) in [6.45, 7) is 3.77. The van der Waals surface area contributed by atoms with Crippen molar-refractivity contribution in [3.05, 3.63) is 34.9 Å². The molecule has 0 saturated heterocycles. The van der Waals surface area contributed by atoms with E-state index in [4.69, 9.17) is 15.2 Å². The van der Waals surface area contributed by atoms with Crippen molar-refractivity contribution >= 4 is 17.9 Å². The van der Waals surface area contributed by atoms with Crippen LogP contribution in [0.4, 0.5) is 0 Å². The zero-order chi connectivity index (χ0) is 17.4. The Labute approximate surface area is 134 Å². The number of hydrogen-bond donors (Lipinski definition) is 1. The number of nitrogens with two attached hydrogens (primary N) is 1. The Morgan fingerprint density at radius 3 is 2.26 bits per heavy atom. The fourth-order valence-corrected chi connectivity index (χ4v) is 1.97. The van der Waals surface area contributed by atoms with Gasteiger partial charge in [0.05, 0.1) is 31.5 Å². The maximum absolute atomic E-state index is 12.1. The summed E-state index contributed by atoms with van der Waals surface area (Å²) in [4.78, 5) is 35.3. The van der Waals surface area contributed by atoms with Gasteiger partial charge in [0.2, 0.25) is 0 Å². The normalized spacial score (nSPS) is 11.5. The van der Waals surface area contributed by atoms with Gasteiger partial charge in [0.15, 0.2) is 0 Å². The van der Waals surface area contributed by atoms with E-state index in [9.17, 15) is 14.4 Å². The Morgan fingerprint density at radius 2 is 1.70 bits per heavy atom. The summed E-state index contributed by atoms with van der Waals surface area (Å²) in [5, 5.41) is 0. The van der Waals surface area contributed by atoms with E-state index in [1.807, 2.05) is 0 Å². The third-order valence-electron chi connectivity index (χ3n) is 3.06. The van der Waals surface area contributed by atoms with Crippen LogP contribution in [-0.4, -0.2) is 44.3 Å². The van der Waals surface area contributed by atoms with Gasteiger partial charge in [0.25, 0.3) is 0 Å². The topological polar surface area (TPSA) is 105 Å². The van der Waals surface area contributed by atoms with Crippen LogP contribution in [0, 0.1) is 0 Å². The third kappa shape index (κ3) is 5.07. The maximum Gasteiger partial charge on any atom is 0.338 e. The maximum atomic E-state index is 12.1. The standard InChI is InChI=1S/C16H21NO6/c1-4-22-14(18)11-7-6-10(9-13(17)16(20)21-3)12(8-11)15(19)23-5-2/h6-8,13H,4-5,9,17H2,1-3H3/t13-/m0/s1. The van der Waals surface area contributed by atoms with Crippen LogP contribution in [0.2, 0.25) is 0 Å². The molecule has 0 spiro atoms. The van der Waals surface area contributed by atoms with Gasteiger partial charge in [-0.25, -0.2) is 9.59 Å². The van der Waals surface area contributed by atoms with Gasteiger partial charge in [-0.3, -0.25) is 4.79 Å². The minimum Gasteiger partial charge on any atom is -0.468 e. The van der Waals surface area contributed by atoms with Crippen LogP contribution in [0.25, 0.3) is 0 Å². The van der Waals surface area contributed by atoms with Crippen molar-refractivity contribution in [2.75, 3.05) is 20.3 Å². The van der Waals surface area contributed by atoms with E-state index in [-0.39, 0.29) is 30.8 Å². The summed E-state index contributed by atoms with van der Waals surface area (Å²) in [5.41, 5.74) is 6.63. The van der Waals surface area contributed by atoms with Gasteiger partial charge in [-0.05, 0) is 38.0 Å². The van der Waals surface area contributed by atoms with Crippen LogP contribution in [0.3, 0.4) is 0 Å². The molecule has 1 aromatic carbocycles. The predicted molar refractivity (Wildman–Crippen MR) is 82.1 cm³/mol. The van der Waals surface area contributed by atoms with Crippen LogP contribution >= 0.6 is 0 Å². The minimum atomic E-state index is -0.915. The Bertz CT molecular complexity index is 584. The van der Waals surface area contributed by atoms with E-state index < -0.39 is 23.9 Å². The second kappa shape index (κ2) is 8.89. The molecule has 0 heterocycles. The molecular weight excluding hydrogens is 302 g/mol. The van der Waals surface area contributed by atoms with Crippen molar-refractivity contribution < 1.29 is 28.6 Å². The first kappa shape index (κ1) is 18.6. The van der Waals surface area contributed by atoms with Crippen molar-refractivity contribution in [1.29, 1.82) is 0 Å². The van der Waals surface area contributed by atoms with Gasteiger partial charge in [-0.2, -0.15) is 0 Å². The lowest BCUT2D eigenvalue weighted by Crippen LogP contribution is -2.34. The van der Waals surface area contributed by atoms with E-state index >= 15 is 0 Å². The van der Waals surface area contributed by atoms with E-state index in [2.05, 4.69) is 4.74 Å². The monoisotopic (exact) mass is 323 g/mol. The largest absolute Gasteiger partial charge is 0.468 e. The molecule has 126 valence electrons. The highest BCUT2D eigenvalue weighted by molar-refractivity contribution is 5.96. The molecule has 7 heteroatoms. The number of methoxy groups -OCH3 is 1. The first-order valence-corrected chi connectivity index (χ1v) is 7.25. The fraction of sp³-hybridized carbons (Fsp3) is 0.438. The molecule has 1 rings (SSSR count). The molecule has 0 aliphatic carbocycles. The lowest BCUT2D eigenvalue weighted by Gasteiger charge is -2.14. The molecule has 7 nitrogen and oxygen atoms in total. The number of benzene rings is 1. The first-order valence-electron chi connectivity index (χ1n) is 7.25. The summed E-state index contributed by atoms with van der Waals surface area (Å²) in [5.74, 6) is -1.72. The Balaban J connectivity index is 3.15. The minimum absolute atomic E-state index is 0.0872. The van der Waals surface area contributed by atoms with Crippen LogP contribution in [-0.2, 0) is 25.4 Å². The van der Waals surface area contributed by atoms with Gasteiger partial charge in [0.1, 0.15) is 6.04 Å². The molecule has 23 heavy (non-hydrogen) atoms. The van der Waals surface area contributed by atoms with Crippen molar-refractivity contribution in [1.82, 2.24) is 0 Å². The van der Waals surface area contributed by atoms with E-state index in [1.165, 1.54) is 19.2 Å². The van der Waals surface area contributed by atoms with Gasteiger partial charge >= 0.3 is 17.9 Å². The summed E-state index contributed by atoms with van der Waals surface area (Å²) < 4.78 is 14.5. The van der Waals surface area contributed by atoms with Gasteiger partial charge < -0.3 is 19.9 Å². The lowest BCUT2D eigenvalue weighted by atomic mass is 9.98. The Kier molecular flexibility index (Phi) is 7.21. The van der Waals surface area contributed by atoms with Gasteiger partial charge in [-0.15, -0.1) is 0 Å². The molecule has 2 N–H and O–H groups in total. The zero-order valence-electron chi connectivity index (χ0n) is 13.5. The average Bonchev–Trinajstić information content (AvgIpc) is 2.54. The summed E-state index contributed by atoms with van der Waals surface area (Å²) in [6.07, 6.45) is 0.0872. The van der Waals surface area contributed by atoms with E-state index in [0.717, 1.165) is 0 Å². The quantitative estimate of drug-likeness (QED) is 0.591. The second-order valence-electron chi connectivity index (χ2n) is 4.65. The average molecular weight is 323 g/mol. The molecule has 0 radical (unpaired) electrons. The van der Waals surface area contributed by atoms with Crippen LogP contribution in [0.1, 0.15) is 40.1 Å². The van der Waals surface area contributed by atoms with Crippen molar-refractivity contribution in [3.63, 3.8) is 0 Å².